The highest BCUT2D eigenvalue weighted by Gasteiger charge is 2.21. The van der Waals surface area contributed by atoms with Crippen molar-refractivity contribution < 1.29 is 5.94 Å². The normalized spacial score (nSPS) is 11.5. The van der Waals surface area contributed by atoms with Gasteiger partial charge in [-0.3, -0.25) is 0 Å². The number of aryl methyl sites for hydroxylation is 3. The molecular weight excluding hydrogens is 292 g/mol. The monoisotopic (exact) mass is 316 g/mol. The van der Waals surface area contributed by atoms with Gasteiger partial charge >= 0.3 is 0 Å². The minimum absolute atomic E-state index is 0.494. The summed E-state index contributed by atoms with van der Waals surface area (Å²) >= 11 is 0. The van der Waals surface area contributed by atoms with Crippen LogP contribution < -0.4 is 4.57 Å². The highest BCUT2D eigenvalue weighted by atomic mass is 14.9. The molecule has 1 heterocycles. The Morgan fingerprint density at radius 2 is 1.71 bits per heavy atom. The van der Waals surface area contributed by atoms with Crippen molar-refractivity contribution in [3.63, 3.8) is 0 Å². The number of hydrogen-bond donors (Lipinski definition) is 0. The molecule has 0 atom stereocenters. The Balaban J connectivity index is 2.56. The van der Waals surface area contributed by atoms with Crippen molar-refractivity contribution in [2.75, 3.05) is 0 Å². The van der Waals surface area contributed by atoms with Crippen LogP contribution >= 0.6 is 0 Å². The lowest BCUT2D eigenvalue weighted by molar-refractivity contribution is -0.665. The van der Waals surface area contributed by atoms with Crippen molar-refractivity contribution >= 4 is 16.5 Å². The quantitative estimate of drug-likeness (QED) is 0.418. The van der Waals surface area contributed by atoms with E-state index in [0.717, 1.165) is 27.7 Å². The Hall–Kier alpha value is -2.66. The maximum absolute atomic E-state index is 8.54. The van der Waals surface area contributed by atoms with Gasteiger partial charge in [0, 0.05) is 13.0 Å². The molecule has 24 heavy (non-hydrogen) atoms. The van der Waals surface area contributed by atoms with E-state index in [1.807, 2.05) is 27.0 Å². The molecule has 0 aliphatic rings. The summed E-state index contributed by atoms with van der Waals surface area (Å²) in [5, 5.41) is 1.89. The molecule has 0 saturated heterocycles. The van der Waals surface area contributed by atoms with Crippen molar-refractivity contribution in [3.05, 3.63) is 69.7 Å². The summed E-state index contributed by atoms with van der Waals surface area (Å²) in [6.07, 6.45) is 0. The van der Waals surface area contributed by atoms with Crippen LogP contribution in [0.4, 0.5) is 5.69 Å². The molecule has 0 saturated carbocycles. The first-order valence-corrected chi connectivity index (χ1v) is 8.15. The van der Waals surface area contributed by atoms with E-state index in [1.54, 1.807) is 0 Å². The van der Waals surface area contributed by atoms with Gasteiger partial charge in [-0.1, -0.05) is 17.7 Å². The summed E-state index contributed by atoms with van der Waals surface area (Å²) in [4.78, 5) is 3.62. The molecule has 0 N–H and O–H groups in total. The number of hydrogen-bond acceptors (Lipinski definition) is 0. The second kappa shape index (κ2) is 5.76. The molecule has 2 nitrogen and oxygen atoms in total. The van der Waals surface area contributed by atoms with E-state index in [2.05, 4.69) is 48.4 Å². The first kappa shape index (κ1) is 14.9. The molecular formula is C22H23N2+. The third kappa shape index (κ3) is 2.47. The van der Waals surface area contributed by atoms with Crippen molar-refractivity contribution in [1.82, 2.24) is 0 Å². The van der Waals surface area contributed by atoms with Crippen molar-refractivity contribution in [2.24, 2.45) is 7.05 Å². The lowest BCUT2D eigenvalue weighted by atomic mass is 9.93. The predicted molar refractivity (Wildman–Crippen MR) is 101 cm³/mol. The third-order valence-electron chi connectivity index (χ3n) is 4.93. The number of nitrogens with zero attached hydrogens (tertiary/aromatic N) is 2. The zero-order valence-corrected chi connectivity index (χ0v) is 15.2. The van der Waals surface area contributed by atoms with Gasteiger partial charge in [0.05, 0.1) is 18.9 Å². The molecule has 0 spiro atoms. The van der Waals surface area contributed by atoms with E-state index in [4.69, 9.17) is 7.94 Å². The molecule has 0 bridgehead atoms. The highest BCUT2D eigenvalue weighted by Crippen LogP contribution is 2.34. The summed E-state index contributed by atoms with van der Waals surface area (Å²) in [6, 6.07) is 8.85. The maximum Gasteiger partial charge on any atom is 0.220 e. The smallest absolute Gasteiger partial charge is 0.220 e. The van der Waals surface area contributed by atoms with Crippen LogP contribution in [0.25, 0.3) is 26.9 Å². The van der Waals surface area contributed by atoms with Gasteiger partial charge in [0.1, 0.15) is 7.05 Å². The molecule has 3 rings (SSSR count). The van der Waals surface area contributed by atoms with Crippen LogP contribution in [0, 0.1) is 41.2 Å². The maximum atomic E-state index is 8.54. The number of fused-ring (bicyclic) bond motifs is 1. The topological polar surface area (TPSA) is 8.24 Å². The zero-order valence-electron chi connectivity index (χ0n) is 16.2. The van der Waals surface area contributed by atoms with Gasteiger partial charge in [-0.15, -0.1) is 0 Å². The summed E-state index contributed by atoms with van der Waals surface area (Å²) in [5.41, 5.74) is 8.55. The molecule has 0 aliphatic heterocycles. The molecule has 2 heteroatoms. The molecule has 120 valence electrons. The van der Waals surface area contributed by atoms with Crippen LogP contribution in [-0.4, -0.2) is 0 Å². The van der Waals surface area contributed by atoms with E-state index in [9.17, 15) is 0 Å². The Kier molecular flexibility index (Phi) is 3.58. The van der Waals surface area contributed by atoms with Crippen LogP contribution in [-0.2, 0) is 7.05 Å². The molecule has 0 radical (unpaired) electrons. The fourth-order valence-electron chi connectivity index (χ4n) is 3.35. The van der Waals surface area contributed by atoms with Crippen LogP contribution in [0.2, 0.25) is 0 Å². The Morgan fingerprint density at radius 1 is 1.00 bits per heavy atom. The van der Waals surface area contributed by atoms with Crippen LogP contribution in [0.3, 0.4) is 0 Å². The first-order chi connectivity index (χ1) is 11.8. The van der Waals surface area contributed by atoms with Crippen molar-refractivity contribution in [1.29, 1.82) is 0 Å². The van der Waals surface area contributed by atoms with Crippen molar-refractivity contribution in [2.45, 2.75) is 34.6 Å². The molecule has 0 amide bonds. The van der Waals surface area contributed by atoms with Crippen LogP contribution in [0.15, 0.2) is 30.3 Å². The van der Waals surface area contributed by atoms with Crippen molar-refractivity contribution in [3.8, 4) is 11.3 Å². The minimum Gasteiger partial charge on any atom is -0.238 e. The van der Waals surface area contributed by atoms with E-state index < -0.39 is 0 Å². The van der Waals surface area contributed by atoms with Gasteiger partial charge in [0.2, 0.25) is 5.69 Å². The molecule has 0 fully saturated rings. The Morgan fingerprint density at radius 3 is 2.38 bits per heavy atom. The highest BCUT2D eigenvalue weighted by molar-refractivity contribution is 5.96. The second-order valence-corrected chi connectivity index (χ2v) is 6.67. The van der Waals surface area contributed by atoms with Gasteiger partial charge in [-0.25, -0.2) is 4.85 Å². The molecule has 0 unspecified atom stereocenters. The SMILES string of the molecule is [2H]c1c(C)[n+](C)c(-c2cc(C)cc(C)c2C)c2cc(C)c([N+]#[C-])cc12. The minimum atomic E-state index is 0.494. The lowest BCUT2D eigenvalue weighted by Crippen LogP contribution is -2.35. The lowest BCUT2D eigenvalue weighted by Gasteiger charge is -2.13. The average Bonchev–Trinajstić information content (AvgIpc) is 2.57. The van der Waals surface area contributed by atoms with Gasteiger partial charge in [0.15, 0.2) is 11.4 Å². The van der Waals surface area contributed by atoms with Crippen LogP contribution in [0.1, 0.15) is 29.3 Å². The largest absolute Gasteiger partial charge is 0.238 e. The van der Waals surface area contributed by atoms with Crippen LogP contribution in [0.5, 0.6) is 0 Å². The standard InChI is InChI=1S/C22H23N2/c1-13-8-14(2)17(5)19(9-13)22-20-10-15(3)21(23-6)12-18(20)11-16(4)24(22)7/h8-12H,1-5,7H3/q+1/i11D. The average molecular weight is 316 g/mol. The fourth-order valence-corrected chi connectivity index (χ4v) is 3.35. The number of benzene rings is 2. The van der Waals surface area contributed by atoms with Gasteiger partial charge in [-0.05, 0) is 61.9 Å². The summed E-state index contributed by atoms with van der Waals surface area (Å²) < 4.78 is 10.7. The summed E-state index contributed by atoms with van der Waals surface area (Å²) in [6.45, 7) is 17.7. The second-order valence-electron chi connectivity index (χ2n) is 6.67. The first-order valence-electron chi connectivity index (χ1n) is 8.65. The number of rotatable bonds is 1. The van der Waals surface area contributed by atoms with E-state index in [0.29, 0.717) is 11.7 Å². The van der Waals surface area contributed by atoms with Gasteiger partial charge in [-0.2, -0.15) is 4.57 Å². The molecule has 2 aromatic carbocycles. The van der Waals surface area contributed by atoms with Gasteiger partial charge < -0.3 is 0 Å². The Labute approximate surface area is 145 Å². The number of pyridine rings is 1. The zero-order chi connectivity index (χ0) is 18.5. The molecule has 3 aromatic rings. The predicted octanol–water partition coefficient (Wildman–Crippen LogP) is 5.42. The molecule has 1 aromatic heterocycles. The van der Waals surface area contributed by atoms with Gasteiger partial charge in [0.25, 0.3) is 0 Å². The number of aromatic nitrogens is 1. The third-order valence-corrected chi connectivity index (χ3v) is 4.93. The summed E-state index contributed by atoms with van der Waals surface area (Å²) in [7, 11) is 2.03. The Bertz CT molecular complexity index is 1070. The fraction of sp³-hybridized carbons (Fsp3) is 0.273. The molecule has 0 aliphatic carbocycles. The van der Waals surface area contributed by atoms with E-state index in [1.165, 1.54) is 22.3 Å². The van der Waals surface area contributed by atoms with E-state index >= 15 is 0 Å². The van der Waals surface area contributed by atoms with E-state index in [-0.39, 0.29) is 0 Å². The summed E-state index contributed by atoms with van der Waals surface area (Å²) in [5.74, 6) is 0.